The molecule has 0 radical (unpaired) electrons. The van der Waals surface area contributed by atoms with E-state index in [9.17, 15) is 10.2 Å². The van der Waals surface area contributed by atoms with Crippen molar-refractivity contribution in [3.05, 3.63) is 176 Å². The highest BCUT2D eigenvalue weighted by molar-refractivity contribution is 5.78. The van der Waals surface area contributed by atoms with Crippen molar-refractivity contribution in [3.63, 3.8) is 0 Å². The second kappa shape index (κ2) is 12.5. The third-order valence-electron chi connectivity index (χ3n) is 9.55. The van der Waals surface area contributed by atoms with Crippen LogP contribution >= 0.6 is 0 Å². The quantitative estimate of drug-likeness (QED) is 0.146. The topological polar surface area (TPSA) is 40.5 Å². The summed E-state index contributed by atoms with van der Waals surface area (Å²) in [4.78, 5) is 0. The first-order valence-electron chi connectivity index (χ1n) is 16.6. The minimum absolute atomic E-state index is 0.619. The van der Waals surface area contributed by atoms with Gasteiger partial charge < -0.3 is 10.2 Å². The van der Waals surface area contributed by atoms with Crippen LogP contribution in [0.2, 0.25) is 0 Å². The molecule has 0 amide bonds. The van der Waals surface area contributed by atoms with Crippen LogP contribution in [0.5, 0.6) is 0 Å². The van der Waals surface area contributed by atoms with E-state index < -0.39 is 11.2 Å². The zero-order chi connectivity index (χ0) is 31.6. The number of unbranched alkanes of at least 4 members (excludes halogenated alkanes) is 5. The van der Waals surface area contributed by atoms with Gasteiger partial charge in [-0.05, 0) is 77.1 Å². The Morgan fingerprint density at radius 1 is 0.478 bits per heavy atom. The van der Waals surface area contributed by atoms with Crippen molar-refractivity contribution >= 4 is 0 Å². The van der Waals surface area contributed by atoms with Gasteiger partial charge in [0.25, 0.3) is 0 Å². The predicted molar refractivity (Wildman–Crippen MR) is 185 cm³/mol. The van der Waals surface area contributed by atoms with Gasteiger partial charge in [-0.25, -0.2) is 0 Å². The molecule has 226 valence electrons. The minimum atomic E-state index is -1.51. The molecular weight excluding hydrogens is 560 g/mol. The number of rotatable bonds is 7. The molecule has 5 aromatic rings. The summed E-state index contributed by atoms with van der Waals surface area (Å²) in [5.41, 5.74) is 5.39. The molecule has 0 saturated heterocycles. The molecule has 2 atom stereocenters. The van der Waals surface area contributed by atoms with Gasteiger partial charge in [0.1, 0.15) is 11.2 Å². The first kappa shape index (κ1) is 29.8. The van der Waals surface area contributed by atoms with Gasteiger partial charge in [-0.15, -0.1) is 0 Å². The molecule has 0 spiro atoms. The van der Waals surface area contributed by atoms with E-state index in [-0.39, 0.29) is 0 Å². The highest BCUT2D eigenvalue weighted by Crippen LogP contribution is 2.61. The van der Waals surface area contributed by atoms with Crippen LogP contribution in [0, 0.1) is 23.7 Å². The van der Waals surface area contributed by atoms with E-state index in [1.54, 1.807) is 0 Å². The summed E-state index contributed by atoms with van der Waals surface area (Å²) in [6.07, 6.45) is 8.29. The van der Waals surface area contributed by atoms with E-state index in [0.717, 1.165) is 29.5 Å². The smallest absolute Gasteiger partial charge is 0.143 e. The average molecular weight is 599 g/mol. The van der Waals surface area contributed by atoms with Crippen molar-refractivity contribution in [2.75, 3.05) is 0 Å². The van der Waals surface area contributed by atoms with Crippen molar-refractivity contribution in [2.45, 2.75) is 63.1 Å². The average Bonchev–Trinajstić information content (AvgIpc) is 3.10. The number of aliphatic hydroxyl groups is 2. The van der Waals surface area contributed by atoms with Crippen LogP contribution in [-0.4, -0.2) is 10.2 Å². The number of hydrogen-bond donors (Lipinski definition) is 2. The molecule has 8 rings (SSSR count). The van der Waals surface area contributed by atoms with Crippen molar-refractivity contribution in [2.24, 2.45) is 0 Å². The summed E-state index contributed by atoms with van der Waals surface area (Å²) < 4.78 is 0. The summed E-state index contributed by atoms with van der Waals surface area (Å²) >= 11 is 0. The Labute approximate surface area is 272 Å². The minimum Gasteiger partial charge on any atom is -0.376 e. The van der Waals surface area contributed by atoms with Gasteiger partial charge in [0.05, 0.1) is 0 Å². The van der Waals surface area contributed by atoms with Gasteiger partial charge in [0.2, 0.25) is 0 Å². The van der Waals surface area contributed by atoms with Gasteiger partial charge in [-0.3, -0.25) is 0 Å². The maximum absolute atomic E-state index is 13.2. The summed E-state index contributed by atoms with van der Waals surface area (Å²) in [6, 6.07) is 37.7. The highest BCUT2D eigenvalue weighted by atomic mass is 16.3. The van der Waals surface area contributed by atoms with Crippen LogP contribution in [0.15, 0.2) is 115 Å². The summed E-state index contributed by atoms with van der Waals surface area (Å²) in [5, 5.41) is 26.4. The van der Waals surface area contributed by atoms with E-state index >= 15 is 0 Å². The zero-order valence-electron chi connectivity index (χ0n) is 26.3. The van der Waals surface area contributed by atoms with E-state index in [1.807, 2.05) is 103 Å². The third kappa shape index (κ3) is 5.05. The molecule has 0 heterocycles. The zero-order valence-corrected chi connectivity index (χ0v) is 26.3. The molecule has 2 nitrogen and oxygen atoms in total. The Hall–Kier alpha value is -4.86. The molecule has 0 unspecified atom stereocenters. The second-order valence-corrected chi connectivity index (χ2v) is 12.5. The van der Waals surface area contributed by atoms with Gasteiger partial charge in [-0.2, -0.15) is 0 Å². The fraction of sp³-hybridized carbons (Fsp3) is 0.227. The lowest BCUT2D eigenvalue weighted by Gasteiger charge is -2.52. The fourth-order valence-corrected chi connectivity index (χ4v) is 7.30. The maximum atomic E-state index is 13.2. The lowest BCUT2D eigenvalue weighted by Crippen LogP contribution is -2.51. The van der Waals surface area contributed by atoms with Crippen LogP contribution in [0.25, 0.3) is 0 Å². The summed E-state index contributed by atoms with van der Waals surface area (Å²) in [7, 11) is 0. The molecule has 2 heteroatoms. The van der Waals surface area contributed by atoms with Gasteiger partial charge in [0.15, 0.2) is 0 Å². The van der Waals surface area contributed by atoms with Gasteiger partial charge in [-0.1, -0.05) is 142 Å². The molecule has 0 aliphatic heterocycles. The molecule has 3 aliphatic rings. The number of hydrogen-bond acceptors (Lipinski definition) is 2. The van der Waals surface area contributed by atoms with Crippen molar-refractivity contribution < 1.29 is 10.2 Å². The lowest BCUT2D eigenvalue weighted by atomic mass is 9.54. The SMILES string of the molecule is CCCCCCCCc1ccc2c(c1)[C@@]1(O)c3ccccc3[C@@]2(O)c2c(C#Cc3ccccc3)ccc(C#Cc3ccccc3)c21. The molecule has 46 heavy (non-hydrogen) atoms. The molecular formula is C44H38O2. The van der Waals surface area contributed by atoms with E-state index in [2.05, 4.69) is 42.7 Å². The van der Waals surface area contributed by atoms with E-state index in [0.29, 0.717) is 38.9 Å². The fourth-order valence-electron chi connectivity index (χ4n) is 7.30. The Kier molecular flexibility index (Phi) is 8.11. The molecule has 0 fully saturated rings. The van der Waals surface area contributed by atoms with Crippen molar-refractivity contribution in [1.82, 2.24) is 0 Å². The maximum Gasteiger partial charge on any atom is 0.143 e. The van der Waals surface area contributed by atoms with Crippen LogP contribution in [0.4, 0.5) is 0 Å². The summed E-state index contributed by atoms with van der Waals surface area (Å²) in [5.74, 6) is 13.4. The van der Waals surface area contributed by atoms with Crippen molar-refractivity contribution in [3.8, 4) is 23.7 Å². The normalized spacial score (nSPS) is 18.3. The first-order chi connectivity index (χ1) is 22.5. The monoisotopic (exact) mass is 598 g/mol. The first-order valence-corrected chi connectivity index (χ1v) is 16.6. The largest absolute Gasteiger partial charge is 0.376 e. The lowest BCUT2D eigenvalue weighted by molar-refractivity contribution is 0.0489. The number of aryl methyl sites for hydroxylation is 1. The highest BCUT2D eigenvalue weighted by Gasteiger charge is 2.59. The van der Waals surface area contributed by atoms with Gasteiger partial charge in [0, 0.05) is 33.4 Å². The Morgan fingerprint density at radius 2 is 0.957 bits per heavy atom. The summed E-state index contributed by atoms with van der Waals surface area (Å²) in [6.45, 7) is 2.24. The standard InChI is InChI=1S/C44H38O2/c1-2-3-4-5-6-9-20-34-25-30-39-40(31-34)44(46)38-22-15-14-21-37(38)43(39,45)41-35(26-23-32-16-10-7-11-17-32)28-29-36(42(41)44)27-24-33-18-12-8-13-19-33/h7-8,10-19,21-22,25,28-31,45-46H,2-6,9,20H2,1H3/t43-,44-/m0/s1. The molecule has 2 N–H and O–H groups in total. The van der Waals surface area contributed by atoms with E-state index in [1.165, 1.54) is 37.7 Å². The van der Waals surface area contributed by atoms with Crippen LogP contribution in [0.1, 0.15) is 107 Å². The molecule has 3 aliphatic carbocycles. The van der Waals surface area contributed by atoms with Crippen molar-refractivity contribution in [1.29, 1.82) is 0 Å². The number of benzene rings is 5. The Morgan fingerprint density at radius 3 is 1.52 bits per heavy atom. The van der Waals surface area contributed by atoms with E-state index in [4.69, 9.17) is 0 Å². The van der Waals surface area contributed by atoms with Crippen LogP contribution in [-0.2, 0) is 17.6 Å². The molecule has 5 aromatic carbocycles. The predicted octanol–water partition coefficient (Wildman–Crippen LogP) is 8.58. The molecule has 0 saturated carbocycles. The Bertz CT molecular complexity index is 2020. The van der Waals surface area contributed by atoms with Crippen LogP contribution in [0.3, 0.4) is 0 Å². The Balaban J connectivity index is 1.42. The molecule has 0 aromatic heterocycles. The second-order valence-electron chi connectivity index (χ2n) is 12.5. The molecule has 2 bridgehead atoms. The van der Waals surface area contributed by atoms with Gasteiger partial charge >= 0.3 is 0 Å². The van der Waals surface area contributed by atoms with Crippen LogP contribution < -0.4 is 0 Å². The third-order valence-corrected chi connectivity index (χ3v) is 9.55.